The van der Waals surface area contributed by atoms with Crippen molar-refractivity contribution in [2.75, 3.05) is 0 Å². The molecule has 0 spiro atoms. The highest BCUT2D eigenvalue weighted by molar-refractivity contribution is 6.08. The van der Waals surface area contributed by atoms with Crippen LogP contribution in [0.1, 0.15) is 0 Å². The van der Waals surface area contributed by atoms with Gasteiger partial charge in [-0.3, -0.25) is 0 Å². The van der Waals surface area contributed by atoms with E-state index >= 15 is 0 Å². The van der Waals surface area contributed by atoms with Gasteiger partial charge in [0.15, 0.2) is 23.3 Å². The van der Waals surface area contributed by atoms with Crippen LogP contribution in [0.4, 0.5) is 0 Å². The quantitative estimate of drug-likeness (QED) is 0.148. The van der Waals surface area contributed by atoms with Crippen molar-refractivity contribution in [3.8, 4) is 90.3 Å². The number of fused-ring (bicyclic) bond motifs is 9. The zero-order chi connectivity index (χ0) is 49.4. The maximum Gasteiger partial charge on any atom is 0.164 e. The second kappa shape index (κ2) is 17.2. The van der Waals surface area contributed by atoms with Crippen LogP contribution in [0.5, 0.6) is 0 Å². The van der Waals surface area contributed by atoms with Crippen molar-refractivity contribution in [3.63, 3.8) is 0 Å². The molecular weight excluding hydrogens is 923 g/mol. The molecule has 0 amide bonds. The molecule has 8 heteroatoms. The van der Waals surface area contributed by atoms with Crippen molar-refractivity contribution in [1.82, 2.24) is 24.9 Å². The van der Waals surface area contributed by atoms with E-state index in [2.05, 4.69) is 152 Å². The molecule has 5 heterocycles. The third-order valence-electron chi connectivity index (χ3n) is 14.2. The van der Waals surface area contributed by atoms with Crippen LogP contribution in [0, 0.1) is 0 Å². The van der Waals surface area contributed by atoms with Gasteiger partial charge >= 0.3 is 0 Å². The second-order valence-electron chi connectivity index (χ2n) is 18.8. The molecular formula is C67H39N5O3. The molecule has 0 aliphatic heterocycles. The molecule has 0 unspecified atom stereocenters. The van der Waals surface area contributed by atoms with Gasteiger partial charge in [-0.1, -0.05) is 164 Å². The molecule has 15 rings (SSSR count). The van der Waals surface area contributed by atoms with Crippen LogP contribution in [0.15, 0.2) is 250 Å². The van der Waals surface area contributed by atoms with Crippen LogP contribution in [0.25, 0.3) is 156 Å². The fraction of sp³-hybridized carbons (Fsp3) is 0. The summed E-state index contributed by atoms with van der Waals surface area (Å²) in [6, 6.07) is 80.7. The standard InChI is InChI=1S/C67H39N5O3/c1-2-12-40(13-3-1)41-24-26-42(27-25-41)56-39-57(69-64(68-56)47-28-31-53-50-18-4-7-21-58(50)73-61(53)36-47)45-16-10-14-43(34-45)44-15-11-17-46(35-44)65-70-66(48-29-32-54-51-19-5-8-22-59(51)74-62(54)37-48)72-67(71-65)49-30-33-55-52-20-6-9-23-60(52)75-63(55)38-49/h1-39H. The third-order valence-corrected chi connectivity index (χ3v) is 14.2. The van der Waals surface area contributed by atoms with Gasteiger partial charge in [-0.2, -0.15) is 0 Å². The van der Waals surface area contributed by atoms with Gasteiger partial charge in [0.1, 0.15) is 33.5 Å². The minimum Gasteiger partial charge on any atom is -0.456 e. The first-order valence-corrected chi connectivity index (χ1v) is 24.9. The molecule has 0 aliphatic rings. The number of furan rings is 3. The molecule has 5 aromatic heterocycles. The predicted octanol–water partition coefficient (Wildman–Crippen LogP) is 17.7. The maximum atomic E-state index is 6.34. The summed E-state index contributed by atoms with van der Waals surface area (Å²) < 4.78 is 19.0. The molecule has 0 bridgehead atoms. The number of benzene rings is 10. The largest absolute Gasteiger partial charge is 0.456 e. The Balaban J connectivity index is 0.834. The lowest BCUT2D eigenvalue weighted by Gasteiger charge is -2.12. The summed E-state index contributed by atoms with van der Waals surface area (Å²) in [5.74, 6) is 2.19. The number of hydrogen-bond acceptors (Lipinski definition) is 8. The van der Waals surface area contributed by atoms with Crippen LogP contribution >= 0.6 is 0 Å². The van der Waals surface area contributed by atoms with Crippen molar-refractivity contribution in [3.05, 3.63) is 237 Å². The first kappa shape index (κ1) is 42.4. The summed E-state index contributed by atoms with van der Waals surface area (Å²) in [4.78, 5) is 26.0. The van der Waals surface area contributed by atoms with E-state index in [-0.39, 0.29) is 0 Å². The van der Waals surface area contributed by atoms with Crippen LogP contribution in [-0.2, 0) is 0 Å². The Morgan fingerprint density at radius 1 is 0.187 bits per heavy atom. The SMILES string of the molecule is c1ccc(-c2ccc(-c3cc(-c4cccc(-c5cccc(-c6nc(-c7ccc8c(c7)oc7ccccc78)nc(-c7ccc8c(c7)oc7ccccc78)n6)c5)c4)nc(-c4ccc5c(c4)oc4ccccc45)n3)cc2)cc1. The lowest BCUT2D eigenvalue weighted by atomic mass is 9.98. The number of aromatic nitrogens is 5. The van der Waals surface area contributed by atoms with E-state index < -0.39 is 0 Å². The first-order chi connectivity index (χ1) is 37.1. The van der Waals surface area contributed by atoms with Crippen LogP contribution in [-0.4, -0.2) is 24.9 Å². The zero-order valence-electron chi connectivity index (χ0n) is 40.0. The smallest absolute Gasteiger partial charge is 0.164 e. The highest BCUT2D eigenvalue weighted by Gasteiger charge is 2.19. The van der Waals surface area contributed by atoms with Gasteiger partial charge in [-0.15, -0.1) is 0 Å². The molecule has 0 saturated heterocycles. The summed E-state index contributed by atoms with van der Waals surface area (Å²) in [7, 11) is 0. The minimum atomic E-state index is 0.527. The van der Waals surface area contributed by atoms with Gasteiger partial charge in [0.2, 0.25) is 0 Å². The van der Waals surface area contributed by atoms with E-state index in [4.69, 9.17) is 38.2 Å². The topological polar surface area (TPSA) is 104 Å². The molecule has 350 valence electrons. The van der Waals surface area contributed by atoms with Crippen LogP contribution < -0.4 is 0 Å². The normalized spacial score (nSPS) is 11.7. The first-order valence-electron chi connectivity index (χ1n) is 24.9. The van der Waals surface area contributed by atoms with Crippen LogP contribution in [0.3, 0.4) is 0 Å². The molecule has 8 nitrogen and oxygen atoms in total. The summed E-state index contributed by atoms with van der Waals surface area (Å²) in [5.41, 5.74) is 16.0. The number of hydrogen-bond donors (Lipinski definition) is 0. The van der Waals surface area contributed by atoms with Crippen molar-refractivity contribution in [2.24, 2.45) is 0 Å². The van der Waals surface area contributed by atoms with E-state index in [1.165, 1.54) is 0 Å². The van der Waals surface area contributed by atoms with Crippen molar-refractivity contribution in [2.45, 2.75) is 0 Å². The highest BCUT2D eigenvalue weighted by Crippen LogP contribution is 2.38. The Hall–Kier alpha value is -10.3. The van der Waals surface area contributed by atoms with Gasteiger partial charge in [0, 0.05) is 65.7 Å². The van der Waals surface area contributed by atoms with Gasteiger partial charge in [-0.25, -0.2) is 24.9 Å². The van der Waals surface area contributed by atoms with E-state index in [0.29, 0.717) is 23.3 Å². The van der Waals surface area contributed by atoms with Crippen molar-refractivity contribution >= 4 is 65.8 Å². The molecule has 0 fully saturated rings. The fourth-order valence-electron chi connectivity index (χ4n) is 10.4. The van der Waals surface area contributed by atoms with Gasteiger partial charge < -0.3 is 13.3 Å². The van der Waals surface area contributed by atoms with Crippen molar-refractivity contribution in [1.29, 1.82) is 0 Å². The third kappa shape index (κ3) is 7.51. The Morgan fingerprint density at radius 2 is 0.507 bits per heavy atom. The Kier molecular flexibility index (Phi) is 9.71. The van der Waals surface area contributed by atoms with Gasteiger partial charge in [0.25, 0.3) is 0 Å². The molecule has 0 N–H and O–H groups in total. The molecule has 0 aliphatic carbocycles. The Morgan fingerprint density at radius 3 is 1.00 bits per heavy atom. The number of para-hydroxylation sites is 3. The molecule has 0 radical (unpaired) electrons. The second-order valence-corrected chi connectivity index (χ2v) is 18.8. The average molecular weight is 962 g/mol. The molecule has 10 aromatic carbocycles. The lowest BCUT2D eigenvalue weighted by molar-refractivity contribution is 0.668. The van der Waals surface area contributed by atoms with E-state index in [1.807, 2.05) is 84.9 Å². The summed E-state index contributed by atoms with van der Waals surface area (Å²) in [6.45, 7) is 0. The van der Waals surface area contributed by atoms with E-state index in [1.54, 1.807) is 0 Å². The number of rotatable bonds is 8. The maximum absolute atomic E-state index is 6.34. The van der Waals surface area contributed by atoms with Crippen molar-refractivity contribution < 1.29 is 13.3 Å². The van der Waals surface area contributed by atoms with Crippen LogP contribution in [0.2, 0.25) is 0 Å². The van der Waals surface area contributed by atoms with E-state index in [0.717, 1.165) is 133 Å². The zero-order valence-corrected chi connectivity index (χ0v) is 40.0. The van der Waals surface area contributed by atoms with E-state index in [9.17, 15) is 0 Å². The number of nitrogens with zero attached hydrogens (tertiary/aromatic N) is 5. The summed E-state index contributed by atoms with van der Waals surface area (Å²) >= 11 is 0. The fourth-order valence-corrected chi connectivity index (χ4v) is 10.4. The minimum absolute atomic E-state index is 0.527. The summed E-state index contributed by atoms with van der Waals surface area (Å²) in [5, 5.41) is 6.31. The van der Waals surface area contributed by atoms with Gasteiger partial charge in [0.05, 0.1) is 11.4 Å². The van der Waals surface area contributed by atoms with Gasteiger partial charge in [-0.05, 0) is 95.1 Å². The highest BCUT2D eigenvalue weighted by atomic mass is 16.3. The Bertz CT molecular complexity index is 4590. The lowest BCUT2D eigenvalue weighted by Crippen LogP contribution is -2.00. The average Bonchev–Trinajstić information content (AvgIpc) is 4.19. The molecule has 15 aromatic rings. The monoisotopic (exact) mass is 961 g/mol. The molecule has 75 heavy (non-hydrogen) atoms. The molecule has 0 saturated carbocycles. The molecule has 0 atom stereocenters. The summed E-state index contributed by atoms with van der Waals surface area (Å²) in [6.07, 6.45) is 0. The Labute approximate surface area is 428 Å². The predicted molar refractivity (Wildman–Crippen MR) is 301 cm³/mol.